The Balaban J connectivity index is 1.89. The molecule has 0 heterocycles. The molecule has 1 unspecified atom stereocenters. The van der Waals surface area contributed by atoms with Crippen molar-refractivity contribution >= 4 is 0 Å². The fourth-order valence-electron chi connectivity index (χ4n) is 2.49. The summed E-state index contributed by atoms with van der Waals surface area (Å²) in [6.45, 7) is 5.25. The molecule has 0 aliphatic heterocycles. The van der Waals surface area contributed by atoms with Crippen molar-refractivity contribution in [2.75, 3.05) is 6.61 Å². The van der Waals surface area contributed by atoms with Crippen LogP contribution in [0.5, 0.6) is 5.75 Å². The van der Waals surface area contributed by atoms with Gasteiger partial charge in [0.05, 0.1) is 6.61 Å². The molecule has 0 radical (unpaired) electrons. The van der Waals surface area contributed by atoms with Crippen LogP contribution < -0.4 is 4.74 Å². The molecule has 0 spiro atoms. The van der Waals surface area contributed by atoms with Crippen LogP contribution in [0.3, 0.4) is 0 Å². The summed E-state index contributed by atoms with van der Waals surface area (Å²) in [5.74, 6) is 8.40. The summed E-state index contributed by atoms with van der Waals surface area (Å²) in [5, 5.41) is 0. The van der Waals surface area contributed by atoms with Gasteiger partial charge >= 0.3 is 0 Å². The maximum atomic E-state index is 5.66. The molecule has 0 amide bonds. The second-order valence-corrected chi connectivity index (χ2v) is 5.75. The number of hydrogen-bond donors (Lipinski definition) is 0. The zero-order chi connectivity index (χ0) is 14.9. The largest absolute Gasteiger partial charge is 0.494 e. The molecule has 1 heteroatoms. The molecular formula is C20H26O. The molecule has 0 saturated heterocycles. The number of hydrogen-bond acceptors (Lipinski definition) is 1. The Labute approximate surface area is 129 Å². The lowest BCUT2D eigenvalue weighted by Gasteiger charge is -2.17. The van der Waals surface area contributed by atoms with Crippen LogP contribution in [0.2, 0.25) is 0 Å². The molecule has 0 fully saturated rings. The maximum Gasteiger partial charge on any atom is 0.119 e. The van der Waals surface area contributed by atoms with Gasteiger partial charge in [-0.25, -0.2) is 0 Å². The third kappa shape index (κ3) is 5.31. The van der Waals surface area contributed by atoms with E-state index in [4.69, 9.17) is 4.74 Å². The van der Waals surface area contributed by atoms with E-state index in [2.05, 4.69) is 31.8 Å². The van der Waals surface area contributed by atoms with Gasteiger partial charge in [-0.1, -0.05) is 44.6 Å². The highest BCUT2D eigenvalue weighted by molar-refractivity contribution is 5.43. The fraction of sp³-hybridized carbons (Fsp3) is 0.500. The van der Waals surface area contributed by atoms with E-state index in [0.717, 1.165) is 43.1 Å². The maximum absolute atomic E-state index is 5.66. The zero-order valence-corrected chi connectivity index (χ0v) is 13.3. The highest BCUT2D eigenvalue weighted by Crippen LogP contribution is 2.25. The van der Waals surface area contributed by atoms with Gasteiger partial charge in [0.1, 0.15) is 5.75 Å². The Morgan fingerprint density at radius 2 is 1.95 bits per heavy atom. The fourth-order valence-corrected chi connectivity index (χ4v) is 2.49. The van der Waals surface area contributed by atoms with Crippen molar-refractivity contribution in [2.24, 2.45) is 5.92 Å². The lowest BCUT2D eigenvalue weighted by Crippen LogP contribution is -2.03. The third-order valence-electron chi connectivity index (χ3n) is 4.09. The van der Waals surface area contributed by atoms with Crippen molar-refractivity contribution in [1.82, 2.24) is 0 Å². The van der Waals surface area contributed by atoms with Crippen LogP contribution >= 0.6 is 0 Å². The highest BCUT2D eigenvalue weighted by Gasteiger charge is 2.10. The van der Waals surface area contributed by atoms with E-state index < -0.39 is 0 Å². The van der Waals surface area contributed by atoms with Crippen LogP contribution in [-0.4, -0.2) is 6.61 Å². The topological polar surface area (TPSA) is 9.23 Å². The molecule has 0 bridgehead atoms. The van der Waals surface area contributed by atoms with Crippen LogP contribution in [0.25, 0.3) is 0 Å². The lowest BCUT2D eigenvalue weighted by molar-refractivity contribution is 0.309. The minimum Gasteiger partial charge on any atom is -0.494 e. The van der Waals surface area contributed by atoms with Gasteiger partial charge in [-0.2, -0.15) is 0 Å². The Morgan fingerprint density at radius 1 is 1.14 bits per heavy atom. The zero-order valence-electron chi connectivity index (χ0n) is 13.3. The van der Waals surface area contributed by atoms with Gasteiger partial charge in [-0.05, 0) is 61.4 Å². The Morgan fingerprint density at radius 3 is 2.57 bits per heavy atom. The predicted molar refractivity (Wildman–Crippen MR) is 89.4 cm³/mol. The second kappa shape index (κ2) is 8.57. The first-order valence-electron chi connectivity index (χ1n) is 8.25. The first-order valence-corrected chi connectivity index (χ1v) is 8.25. The van der Waals surface area contributed by atoms with Crippen molar-refractivity contribution in [3.63, 3.8) is 0 Å². The van der Waals surface area contributed by atoms with Crippen LogP contribution in [0.1, 0.15) is 57.9 Å². The van der Waals surface area contributed by atoms with E-state index in [-0.39, 0.29) is 0 Å². The van der Waals surface area contributed by atoms with Crippen molar-refractivity contribution in [3.8, 4) is 17.6 Å². The van der Waals surface area contributed by atoms with E-state index in [1.54, 1.807) is 0 Å². The van der Waals surface area contributed by atoms with Crippen LogP contribution in [0, 0.1) is 17.8 Å². The quantitative estimate of drug-likeness (QED) is 0.522. The summed E-state index contributed by atoms with van der Waals surface area (Å²) in [6.07, 6.45) is 9.52. The van der Waals surface area contributed by atoms with Crippen molar-refractivity contribution in [3.05, 3.63) is 41.5 Å². The van der Waals surface area contributed by atoms with Gasteiger partial charge in [0.25, 0.3) is 0 Å². The monoisotopic (exact) mass is 282 g/mol. The van der Waals surface area contributed by atoms with Crippen LogP contribution in [0.4, 0.5) is 0 Å². The highest BCUT2D eigenvalue weighted by atomic mass is 16.5. The number of rotatable bonds is 5. The average Bonchev–Trinajstić information content (AvgIpc) is 2.55. The van der Waals surface area contributed by atoms with Gasteiger partial charge < -0.3 is 4.74 Å². The molecule has 0 N–H and O–H groups in total. The number of benzene rings is 1. The standard InChI is InChI=1S/C20H26O/c1-3-5-16-21-20-14-12-19(13-15-20)11-10-18-8-6-17(4-2)7-9-18/h8,12-15,17H,3-7,9,16H2,1-2H3. The summed E-state index contributed by atoms with van der Waals surface area (Å²) in [5.41, 5.74) is 2.37. The molecule has 1 aromatic rings. The average molecular weight is 282 g/mol. The summed E-state index contributed by atoms with van der Waals surface area (Å²) in [4.78, 5) is 0. The van der Waals surface area contributed by atoms with Gasteiger partial charge in [-0.15, -0.1) is 0 Å². The summed E-state index contributed by atoms with van der Waals surface area (Å²) >= 11 is 0. The number of unbranched alkanes of at least 4 members (excludes halogenated alkanes) is 1. The van der Waals surface area contributed by atoms with E-state index in [1.165, 1.54) is 24.8 Å². The minimum absolute atomic E-state index is 0.799. The van der Waals surface area contributed by atoms with E-state index in [9.17, 15) is 0 Å². The molecule has 1 nitrogen and oxygen atoms in total. The molecule has 112 valence electrons. The summed E-state index contributed by atoms with van der Waals surface area (Å²) in [7, 11) is 0. The second-order valence-electron chi connectivity index (χ2n) is 5.75. The predicted octanol–water partition coefficient (Wildman–Crippen LogP) is 5.35. The first kappa shape index (κ1) is 15.7. The number of allylic oxidation sites excluding steroid dienone is 2. The smallest absolute Gasteiger partial charge is 0.119 e. The molecule has 2 rings (SSSR count). The van der Waals surface area contributed by atoms with Crippen LogP contribution in [-0.2, 0) is 0 Å². The SMILES string of the molecule is CCCCOc1ccc(C#CC2=CCC(CC)CC2)cc1. The molecule has 0 aromatic heterocycles. The molecule has 21 heavy (non-hydrogen) atoms. The Bertz CT molecular complexity index is 513. The molecule has 1 aliphatic carbocycles. The van der Waals surface area contributed by atoms with E-state index >= 15 is 0 Å². The first-order chi connectivity index (χ1) is 10.3. The molecule has 0 saturated carbocycles. The van der Waals surface area contributed by atoms with Gasteiger partial charge in [0, 0.05) is 5.56 Å². The summed E-state index contributed by atoms with van der Waals surface area (Å²) in [6, 6.07) is 8.13. The minimum atomic E-state index is 0.799. The van der Waals surface area contributed by atoms with E-state index in [0.29, 0.717) is 0 Å². The van der Waals surface area contributed by atoms with Crippen molar-refractivity contribution in [1.29, 1.82) is 0 Å². The van der Waals surface area contributed by atoms with Gasteiger partial charge in [0.2, 0.25) is 0 Å². The van der Waals surface area contributed by atoms with E-state index in [1.807, 2.05) is 24.3 Å². The molecular weight excluding hydrogens is 256 g/mol. The number of ether oxygens (including phenoxy) is 1. The van der Waals surface area contributed by atoms with Gasteiger partial charge in [0.15, 0.2) is 0 Å². The third-order valence-corrected chi connectivity index (χ3v) is 4.09. The molecule has 1 aliphatic rings. The lowest BCUT2D eigenvalue weighted by atomic mass is 9.88. The van der Waals surface area contributed by atoms with Crippen LogP contribution in [0.15, 0.2) is 35.9 Å². The van der Waals surface area contributed by atoms with Crippen molar-refractivity contribution in [2.45, 2.75) is 52.4 Å². The molecule has 1 aromatic carbocycles. The molecule has 1 atom stereocenters. The van der Waals surface area contributed by atoms with Gasteiger partial charge in [-0.3, -0.25) is 0 Å². The summed E-state index contributed by atoms with van der Waals surface area (Å²) < 4.78 is 5.66. The Hall–Kier alpha value is -1.68. The van der Waals surface area contributed by atoms with Crippen molar-refractivity contribution < 1.29 is 4.74 Å². The Kier molecular flexibility index (Phi) is 6.41. The normalized spacial score (nSPS) is 17.6.